The number of hydrogen-bond donors (Lipinski definition) is 2. The minimum absolute atomic E-state index is 0.0926. The molecule has 0 aromatic heterocycles. The quantitative estimate of drug-likeness (QED) is 0.487. The molecule has 0 spiro atoms. The van der Waals surface area contributed by atoms with Crippen LogP contribution in [0.3, 0.4) is 0 Å². The van der Waals surface area contributed by atoms with Gasteiger partial charge in [-0.05, 0) is 60.7 Å². The number of aryl methyl sites for hydroxylation is 1. The second-order valence-electron chi connectivity index (χ2n) is 7.96. The first-order chi connectivity index (χ1) is 15.3. The molecule has 3 rings (SSSR count). The summed E-state index contributed by atoms with van der Waals surface area (Å²) in [6.45, 7) is 10.4. The Morgan fingerprint density at radius 2 is 1.72 bits per heavy atom. The summed E-state index contributed by atoms with van der Waals surface area (Å²) in [6, 6.07) is 13.1. The molecule has 1 aliphatic rings. The van der Waals surface area contributed by atoms with E-state index in [1.54, 1.807) is 0 Å². The molecule has 32 heavy (non-hydrogen) atoms. The highest BCUT2D eigenvalue weighted by molar-refractivity contribution is 6.31. The van der Waals surface area contributed by atoms with Gasteiger partial charge in [-0.2, -0.15) is 0 Å². The summed E-state index contributed by atoms with van der Waals surface area (Å²) < 4.78 is 6.07. The smallest absolute Gasteiger partial charge is 0.328 e. The number of carbonyl (C=O) groups is 3. The van der Waals surface area contributed by atoms with E-state index < -0.39 is 17.8 Å². The number of para-hydroxylation sites is 1. The molecule has 1 aliphatic heterocycles. The molecule has 0 aliphatic carbocycles. The van der Waals surface area contributed by atoms with Crippen LogP contribution in [0.25, 0.3) is 6.08 Å². The van der Waals surface area contributed by atoms with Gasteiger partial charge in [0.05, 0.1) is 6.54 Å². The molecule has 7 nitrogen and oxygen atoms in total. The lowest BCUT2D eigenvalue weighted by atomic mass is 10.0. The molecule has 1 saturated heterocycles. The van der Waals surface area contributed by atoms with Crippen molar-refractivity contribution in [3.05, 3.63) is 64.7 Å². The third kappa shape index (κ3) is 5.35. The predicted molar refractivity (Wildman–Crippen MR) is 125 cm³/mol. The summed E-state index contributed by atoms with van der Waals surface area (Å²) in [5.74, 6) is -0.0871. The van der Waals surface area contributed by atoms with Crippen molar-refractivity contribution < 1.29 is 19.1 Å². The maximum Gasteiger partial charge on any atom is 0.328 e. The van der Waals surface area contributed by atoms with Gasteiger partial charge in [0.1, 0.15) is 17.9 Å². The van der Waals surface area contributed by atoms with E-state index in [4.69, 9.17) is 4.74 Å². The van der Waals surface area contributed by atoms with Gasteiger partial charge in [-0.3, -0.25) is 20.2 Å². The molecule has 2 aromatic rings. The number of nitrogens with zero attached hydrogens (tertiary/aromatic N) is 1. The lowest BCUT2D eigenvalue weighted by molar-refractivity contribution is -0.123. The number of barbiturate groups is 1. The molecule has 1 fully saturated rings. The van der Waals surface area contributed by atoms with Crippen molar-refractivity contribution >= 4 is 29.6 Å². The zero-order valence-electron chi connectivity index (χ0n) is 18.9. The highest BCUT2D eigenvalue weighted by Gasteiger charge is 2.27. The Hall–Kier alpha value is -3.61. The number of imide groups is 2. The first-order valence-corrected chi connectivity index (χ1v) is 10.8. The Kier molecular flexibility index (Phi) is 7.30. The molecule has 1 heterocycles. The topological polar surface area (TPSA) is 87.7 Å². The van der Waals surface area contributed by atoms with E-state index >= 15 is 0 Å². The van der Waals surface area contributed by atoms with Crippen LogP contribution in [0.1, 0.15) is 43.4 Å². The fraction of sp³-hybridized carbons (Fsp3) is 0.320. The zero-order valence-corrected chi connectivity index (χ0v) is 18.9. The number of carbonyl (C=O) groups excluding carboxylic acids is 3. The van der Waals surface area contributed by atoms with Crippen LogP contribution in [0.15, 0.2) is 48.0 Å². The van der Waals surface area contributed by atoms with Crippen LogP contribution >= 0.6 is 0 Å². The third-order valence-corrected chi connectivity index (χ3v) is 5.40. The van der Waals surface area contributed by atoms with Crippen LogP contribution in [0.5, 0.6) is 5.75 Å². The highest BCUT2D eigenvalue weighted by Crippen LogP contribution is 2.26. The fourth-order valence-electron chi connectivity index (χ4n) is 3.60. The van der Waals surface area contributed by atoms with E-state index in [-0.39, 0.29) is 5.57 Å². The van der Waals surface area contributed by atoms with Gasteiger partial charge in [-0.25, -0.2) is 4.79 Å². The van der Waals surface area contributed by atoms with Crippen LogP contribution < -0.4 is 20.3 Å². The highest BCUT2D eigenvalue weighted by atomic mass is 16.5. The summed E-state index contributed by atoms with van der Waals surface area (Å²) in [5, 5.41) is 4.17. The molecular weight excluding hydrogens is 406 g/mol. The van der Waals surface area contributed by atoms with Crippen LogP contribution in [0.4, 0.5) is 10.5 Å². The number of rotatable bonds is 8. The van der Waals surface area contributed by atoms with E-state index in [1.807, 2.05) is 43.3 Å². The molecule has 4 amide bonds. The largest absolute Gasteiger partial charge is 0.491 e. The van der Waals surface area contributed by atoms with E-state index in [0.29, 0.717) is 12.5 Å². The van der Waals surface area contributed by atoms with Gasteiger partial charge in [0.15, 0.2) is 0 Å². The number of ether oxygens (including phenoxy) is 1. The number of amides is 4. The summed E-state index contributed by atoms with van der Waals surface area (Å²) in [6.07, 6.45) is 1.50. The van der Waals surface area contributed by atoms with E-state index in [0.717, 1.165) is 35.7 Å². The van der Waals surface area contributed by atoms with E-state index in [2.05, 4.69) is 42.4 Å². The minimum atomic E-state index is -0.805. The Bertz CT molecular complexity index is 1040. The number of likely N-dealkylation sites (N-methyl/N-ethyl adjacent to an activating group) is 1. The average molecular weight is 436 g/mol. The van der Waals surface area contributed by atoms with Crippen LogP contribution in [0, 0.1) is 6.92 Å². The van der Waals surface area contributed by atoms with E-state index in [9.17, 15) is 14.4 Å². The van der Waals surface area contributed by atoms with Crippen LogP contribution in [-0.4, -0.2) is 37.5 Å². The van der Waals surface area contributed by atoms with Gasteiger partial charge in [0, 0.05) is 12.2 Å². The maximum absolute atomic E-state index is 12.0. The number of benzene rings is 2. The van der Waals surface area contributed by atoms with Crippen LogP contribution in [0.2, 0.25) is 0 Å². The first-order valence-electron chi connectivity index (χ1n) is 10.8. The second kappa shape index (κ2) is 10.1. The number of hydrogen-bond acceptors (Lipinski definition) is 5. The third-order valence-electron chi connectivity index (χ3n) is 5.40. The normalized spacial score (nSPS) is 13.7. The Labute approximate surface area is 188 Å². The molecular formula is C25H29N3O4. The standard InChI is InChI=1S/C25H29N3O4/c1-5-28(12-13-32-22-9-7-6-8-20(22)16(2)3)19-11-10-18(17(4)14-19)15-21-23(29)26-25(31)27-24(21)30/h6-11,14-16H,5,12-13H2,1-4H3,(H2,26,27,29,30,31). The number of anilines is 1. The van der Waals surface area contributed by atoms with Gasteiger partial charge in [-0.15, -0.1) is 0 Å². The van der Waals surface area contributed by atoms with Gasteiger partial charge >= 0.3 is 6.03 Å². The summed E-state index contributed by atoms with van der Waals surface area (Å²) in [5.41, 5.74) is 3.78. The zero-order chi connectivity index (χ0) is 23.3. The van der Waals surface area contributed by atoms with E-state index in [1.165, 1.54) is 11.6 Å². The van der Waals surface area contributed by atoms with Crippen molar-refractivity contribution in [1.82, 2.24) is 10.6 Å². The Balaban J connectivity index is 1.70. The molecule has 0 atom stereocenters. The SMILES string of the molecule is CCN(CCOc1ccccc1C(C)C)c1ccc(C=C2C(=O)NC(=O)NC2=O)c(C)c1. The molecule has 2 N–H and O–H groups in total. The van der Waals surface area contributed by atoms with Gasteiger partial charge < -0.3 is 9.64 Å². The Morgan fingerprint density at radius 1 is 1.03 bits per heavy atom. The number of urea groups is 1. The van der Waals surface area contributed by atoms with Crippen LogP contribution in [-0.2, 0) is 9.59 Å². The first kappa shape index (κ1) is 23.1. The second-order valence-corrected chi connectivity index (χ2v) is 7.96. The van der Waals surface area contributed by atoms with Crippen molar-refractivity contribution in [1.29, 1.82) is 0 Å². The lowest BCUT2D eigenvalue weighted by Crippen LogP contribution is -2.51. The Morgan fingerprint density at radius 3 is 2.34 bits per heavy atom. The van der Waals surface area contributed by atoms with Gasteiger partial charge in [0.2, 0.25) is 0 Å². The number of nitrogens with one attached hydrogen (secondary N) is 2. The molecule has 168 valence electrons. The minimum Gasteiger partial charge on any atom is -0.491 e. The predicted octanol–water partition coefficient (Wildman–Crippen LogP) is 3.77. The molecule has 0 radical (unpaired) electrons. The van der Waals surface area contributed by atoms with Crippen molar-refractivity contribution in [3.63, 3.8) is 0 Å². The summed E-state index contributed by atoms with van der Waals surface area (Å²) in [7, 11) is 0. The summed E-state index contributed by atoms with van der Waals surface area (Å²) >= 11 is 0. The van der Waals surface area contributed by atoms with Crippen molar-refractivity contribution in [3.8, 4) is 5.75 Å². The summed E-state index contributed by atoms with van der Waals surface area (Å²) in [4.78, 5) is 37.4. The monoisotopic (exact) mass is 435 g/mol. The maximum atomic E-state index is 12.0. The van der Waals surface area contributed by atoms with Gasteiger partial charge in [-0.1, -0.05) is 38.1 Å². The molecule has 2 aromatic carbocycles. The van der Waals surface area contributed by atoms with Crippen molar-refractivity contribution in [2.75, 3.05) is 24.6 Å². The van der Waals surface area contributed by atoms with Gasteiger partial charge in [0.25, 0.3) is 11.8 Å². The molecule has 0 saturated carbocycles. The fourth-order valence-corrected chi connectivity index (χ4v) is 3.60. The van der Waals surface area contributed by atoms with Crippen molar-refractivity contribution in [2.24, 2.45) is 0 Å². The molecule has 7 heteroatoms. The van der Waals surface area contributed by atoms with Crippen molar-refractivity contribution in [2.45, 2.75) is 33.6 Å². The average Bonchev–Trinajstić information content (AvgIpc) is 2.75. The molecule has 0 unspecified atom stereocenters. The molecule has 0 bridgehead atoms. The lowest BCUT2D eigenvalue weighted by Gasteiger charge is -2.24.